The van der Waals surface area contributed by atoms with Crippen LogP contribution < -0.4 is 11.1 Å². The zero-order valence-electron chi connectivity index (χ0n) is 10.6. The molecule has 0 aromatic heterocycles. The van der Waals surface area contributed by atoms with Gasteiger partial charge in [0.25, 0.3) is 0 Å². The van der Waals surface area contributed by atoms with Gasteiger partial charge >= 0.3 is 0 Å². The summed E-state index contributed by atoms with van der Waals surface area (Å²) >= 11 is 0. The second-order valence-electron chi connectivity index (χ2n) is 4.67. The van der Waals surface area contributed by atoms with E-state index in [-0.39, 0.29) is 5.91 Å². The summed E-state index contributed by atoms with van der Waals surface area (Å²) in [6, 6.07) is 7.57. The number of ether oxygens (including phenoxy) is 1. The Hall–Kier alpha value is -1.39. The van der Waals surface area contributed by atoms with Crippen LogP contribution in [0.5, 0.6) is 0 Å². The lowest BCUT2D eigenvalue weighted by atomic mass is 9.92. The lowest BCUT2D eigenvalue weighted by Gasteiger charge is -2.21. The molecule has 0 spiro atoms. The van der Waals surface area contributed by atoms with Gasteiger partial charge in [0.1, 0.15) is 0 Å². The van der Waals surface area contributed by atoms with Gasteiger partial charge in [-0.25, -0.2) is 0 Å². The predicted molar refractivity (Wildman–Crippen MR) is 68.6 cm³/mol. The minimum absolute atomic E-state index is 0.0699. The van der Waals surface area contributed by atoms with Gasteiger partial charge < -0.3 is 15.8 Å². The summed E-state index contributed by atoms with van der Waals surface area (Å²) in [7, 11) is 1.65. The van der Waals surface area contributed by atoms with E-state index < -0.39 is 5.41 Å². The lowest BCUT2D eigenvalue weighted by Crippen LogP contribution is -2.37. The molecule has 0 atom stereocenters. The molecule has 0 heterocycles. The van der Waals surface area contributed by atoms with Gasteiger partial charge in [-0.1, -0.05) is 12.1 Å². The van der Waals surface area contributed by atoms with Gasteiger partial charge in [-0.05, 0) is 31.5 Å². The maximum Gasteiger partial charge on any atom is 0.231 e. The van der Waals surface area contributed by atoms with E-state index in [1.54, 1.807) is 7.11 Å². The van der Waals surface area contributed by atoms with Crippen LogP contribution in [0.4, 0.5) is 5.69 Å². The summed E-state index contributed by atoms with van der Waals surface area (Å²) in [6.45, 7) is 4.53. The molecule has 0 saturated carbocycles. The second-order valence-corrected chi connectivity index (χ2v) is 4.67. The van der Waals surface area contributed by atoms with Crippen LogP contribution in [0, 0.1) is 5.41 Å². The molecule has 4 nitrogen and oxygen atoms in total. The van der Waals surface area contributed by atoms with Crippen LogP contribution in [-0.4, -0.2) is 19.6 Å². The fourth-order valence-electron chi connectivity index (χ4n) is 1.24. The maximum atomic E-state index is 11.9. The Labute approximate surface area is 102 Å². The van der Waals surface area contributed by atoms with Crippen LogP contribution >= 0.6 is 0 Å². The SMILES string of the molecule is COCc1ccc(NC(=O)C(C)(C)CN)cc1. The highest BCUT2D eigenvalue weighted by Crippen LogP contribution is 2.17. The average Bonchev–Trinajstić information content (AvgIpc) is 2.32. The van der Waals surface area contributed by atoms with Gasteiger partial charge in [0, 0.05) is 19.3 Å². The fourth-order valence-corrected chi connectivity index (χ4v) is 1.24. The van der Waals surface area contributed by atoms with Crippen LogP contribution in [0.25, 0.3) is 0 Å². The first kappa shape index (κ1) is 13.7. The Kier molecular flexibility index (Phi) is 4.66. The van der Waals surface area contributed by atoms with Crippen molar-refractivity contribution in [3.8, 4) is 0 Å². The number of anilines is 1. The van der Waals surface area contributed by atoms with Crippen molar-refractivity contribution >= 4 is 11.6 Å². The number of amides is 1. The minimum atomic E-state index is -0.550. The van der Waals surface area contributed by atoms with Gasteiger partial charge in [0.15, 0.2) is 0 Å². The molecule has 0 bridgehead atoms. The molecule has 1 aromatic carbocycles. The van der Waals surface area contributed by atoms with Gasteiger partial charge in [0.2, 0.25) is 5.91 Å². The third-order valence-corrected chi connectivity index (χ3v) is 2.65. The molecule has 17 heavy (non-hydrogen) atoms. The lowest BCUT2D eigenvalue weighted by molar-refractivity contribution is -0.123. The summed E-state index contributed by atoms with van der Waals surface area (Å²) in [5.41, 5.74) is 6.84. The highest BCUT2D eigenvalue weighted by atomic mass is 16.5. The van der Waals surface area contributed by atoms with Crippen LogP contribution in [0.1, 0.15) is 19.4 Å². The molecule has 3 N–H and O–H groups in total. The van der Waals surface area contributed by atoms with E-state index in [0.29, 0.717) is 13.2 Å². The zero-order chi connectivity index (χ0) is 12.9. The Morgan fingerprint density at radius 1 is 1.35 bits per heavy atom. The average molecular weight is 236 g/mol. The number of methoxy groups -OCH3 is 1. The molecule has 1 amide bonds. The van der Waals surface area contributed by atoms with Crippen LogP contribution in [0.3, 0.4) is 0 Å². The van der Waals surface area contributed by atoms with Crippen molar-refractivity contribution in [1.29, 1.82) is 0 Å². The number of nitrogens with one attached hydrogen (secondary N) is 1. The van der Waals surface area contributed by atoms with Crippen molar-refractivity contribution in [3.63, 3.8) is 0 Å². The van der Waals surface area contributed by atoms with Crippen LogP contribution in [-0.2, 0) is 16.1 Å². The number of nitrogens with two attached hydrogens (primary N) is 1. The largest absolute Gasteiger partial charge is 0.380 e. The Balaban J connectivity index is 2.66. The number of rotatable bonds is 5. The topological polar surface area (TPSA) is 64.3 Å². The van der Waals surface area contributed by atoms with Crippen molar-refractivity contribution in [1.82, 2.24) is 0 Å². The Morgan fingerprint density at radius 2 is 1.94 bits per heavy atom. The number of carbonyl (C=O) groups excluding carboxylic acids is 1. The standard InChI is InChI=1S/C13H20N2O2/c1-13(2,9-14)12(16)15-11-6-4-10(5-7-11)8-17-3/h4-7H,8-9,14H2,1-3H3,(H,15,16). The molecule has 0 radical (unpaired) electrons. The smallest absolute Gasteiger partial charge is 0.231 e. The van der Waals surface area contributed by atoms with Crippen LogP contribution in [0.15, 0.2) is 24.3 Å². The second kappa shape index (κ2) is 5.80. The summed E-state index contributed by atoms with van der Waals surface area (Å²) < 4.78 is 5.02. The van der Waals surface area contributed by atoms with E-state index in [4.69, 9.17) is 10.5 Å². The first-order valence-electron chi connectivity index (χ1n) is 5.59. The third kappa shape index (κ3) is 3.84. The van der Waals surface area contributed by atoms with Gasteiger partial charge in [-0.3, -0.25) is 4.79 Å². The summed E-state index contributed by atoms with van der Waals surface area (Å²) in [4.78, 5) is 11.9. The van der Waals surface area contributed by atoms with Crippen molar-refractivity contribution in [2.24, 2.45) is 11.1 Å². The highest BCUT2D eigenvalue weighted by Gasteiger charge is 2.25. The predicted octanol–water partition coefficient (Wildman–Crippen LogP) is 1.76. The molecule has 0 saturated heterocycles. The Morgan fingerprint density at radius 3 is 2.41 bits per heavy atom. The van der Waals surface area contributed by atoms with E-state index >= 15 is 0 Å². The number of benzene rings is 1. The molecule has 1 rings (SSSR count). The monoisotopic (exact) mass is 236 g/mol. The maximum absolute atomic E-state index is 11.9. The molecule has 0 aliphatic rings. The van der Waals surface area contributed by atoms with Crippen LogP contribution in [0.2, 0.25) is 0 Å². The summed E-state index contributed by atoms with van der Waals surface area (Å²) in [5.74, 6) is -0.0699. The van der Waals surface area contributed by atoms with Gasteiger partial charge in [-0.2, -0.15) is 0 Å². The summed E-state index contributed by atoms with van der Waals surface area (Å²) in [6.07, 6.45) is 0. The first-order valence-corrected chi connectivity index (χ1v) is 5.59. The molecule has 1 aromatic rings. The molecule has 0 aliphatic carbocycles. The van der Waals surface area contributed by atoms with E-state index in [0.717, 1.165) is 11.3 Å². The van der Waals surface area contributed by atoms with Crippen molar-refractivity contribution in [2.75, 3.05) is 19.0 Å². The molecule has 4 heteroatoms. The van der Waals surface area contributed by atoms with Crippen molar-refractivity contribution < 1.29 is 9.53 Å². The van der Waals surface area contributed by atoms with E-state index in [1.165, 1.54) is 0 Å². The van der Waals surface area contributed by atoms with E-state index in [2.05, 4.69) is 5.32 Å². The van der Waals surface area contributed by atoms with Crippen molar-refractivity contribution in [3.05, 3.63) is 29.8 Å². The molecule has 0 aliphatic heterocycles. The fraction of sp³-hybridized carbons (Fsp3) is 0.462. The number of carbonyl (C=O) groups is 1. The van der Waals surface area contributed by atoms with E-state index in [1.807, 2.05) is 38.1 Å². The third-order valence-electron chi connectivity index (χ3n) is 2.65. The summed E-state index contributed by atoms with van der Waals surface area (Å²) in [5, 5.41) is 2.84. The molecular formula is C13H20N2O2. The molecule has 0 fully saturated rings. The Bertz CT molecular complexity index is 372. The molecule has 94 valence electrons. The van der Waals surface area contributed by atoms with Gasteiger partial charge in [-0.15, -0.1) is 0 Å². The minimum Gasteiger partial charge on any atom is -0.380 e. The zero-order valence-corrected chi connectivity index (χ0v) is 10.6. The first-order chi connectivity index (χ1) is 7.99. The van der Waals surface area contributed by atoms with Crippen molar-refractivity contribution in [2.45, 2.75) is 20.5 Å². The van der Waals surface area contributed by atoms with E-state index in [9.17, 15) is 4.79 Å². The number of hydrogen-bond donors (Lipinski definition) is 2. The molecule has 0 unspecified atom stereocenters. The quantitative estimate of drug-likeness (QED) is 0.818. The number of hydrogen-bond acceptors (Lipinski definition) is 3. The highest BCUT2D eigenvalue weighted by molar-refractivity contribution is 5.94. The normalized spacial score (nSPS) is 11.3. The van der Waals surface area contributed by atoms with Gasteiger partial charge in [0.05, 0.1) is 12.0 Å². The molecular weight excluding hydrogens is 216 g/mol.